The number of imidazole rings is 1. The zero-order valence-electron chi connectivity index (χ0n) is 13.5. The van der Waals surface area contributed by atoms with Crippen LogP contribution in [0.3, 0.4) is 0 Å². The van der Waals surface area contributed by atoms with Crippen molar-refractivity contribution in [2.75, 3.05) is 18.5 Å². The molecule has 3 aromatic rings. The Hall–Kier alpha value is -2.89. The van der Waals surface area contributed by atoms with Gasteiger partial charge in [0, 0.05) is 11.8 Å². The third-order valence-electron chi connectivity index (χ3n) is 3.59. The smallest absolute Gasteiger partial charge is 0.325 e. The predicted molar refractivity (Wildman–Crippen MR) is 90.4 cm³/mol. The maximum Gasteiger partial charge on any atom is 0.325 e. The first-order chi connectivity index (χ1) is 11.6. The van der Waals surface area contributed by atoms with Crippen LogP contribution >= 0.6 is 0 Å². The van der Waals surface area contributed by atoms with Gasteiger partial charge in [-0.1, -0.05) is 12.1 Å². The van der Waals surface area contributed by atoms with Crippen LogP contribution in [0.1, 0.15) is 12.5 Å². The van der Waals surface area contributed by atoms with Crippen LogP contribution in [-0.2, 0) is 9.53 Å². The summed E-state index contributed by atoms with van der Waals surface area (Å²) in [5.74, 6) is -0.0644. The van der Waals surface area contributed by atoms with E-state index in [1.165, 1.54) is 12.1 Å². The minimum atomic E-state index is -0.357. The van der Waals surface area contributed by atoms with E-state index in [1.54, 1.807) is 19.1 Å². The van der Waals surface area contributed by atoms with E-state index in [1.807, 2.05) is 29.7 Å². The fourth-order valence-corrected chi connectivity index (χ4v) is 2.52. The molecule has 24 heavy (non-hydrogen) atoms. The molecule has 3 rings (SSSR count). The maximum atomic E-state index is 13.6. The molecule has 1 N–H and O–H groups in total. The van der Waals surface area contributed by atoms with Gasteiger partial charge in [0.1, 0.15) is 29.5 Å². The molecule has 0 radical (unpaired) electrons. The maximum absolute atomic E-state index is 13.6. The van der Waals surface area contributed by atoms with Crippen molar-refractivity contribution >= 4 is 17.4 Å². The Morgan fingerprint density at radius 2 is 2.17 bits per heavy atom. The van der Waals surface area contributed by atoms with E-state index in [4.69, 9.17) is 4.74 Å². The first-order valence-corrected chi connectivity index (χ1v) is 7.72. The van der Waals surface area contributed by atoms with Crippen LogP contribution in [0, 0.1) is 12.7 Å². The number of ether oxygens (including phenoxy) is 1. The van der Waals surface area contributed by atoms with E-state index in [0.717, 1.165) is 11.2 Å². The number of halogens is 1. The monoisotopic (exact) mass is 327 g/mol. The molecule has 1 aromatic carbocycles. The Kier molecular flexibility index (Phi) is 4.46. The highest BCUT2D eigenvalue weighted by atomic mass is 19.1. The number of aryl methyl sites for hydroxylation is 1. The fourth-order valence-electron chi connectivity index (χ4n) is 2.52. The van der Waals surface area contributed by atoms with Crippen molar-refractivity contribution in [2.45, 2.75) is 13.8 Å². The predicted octanol–water partition coefficient (Wildman–Crippen LogP) is 3.42. The summed E-state index contributed by atoms with van der Waals surface area (Å²) in [7, 11) is 0. The number of esters is 1. The van der Waals surface area contributed by atoms with Gasteiger partial charge >= 0.3 is 5.97 Å². The van der Waals surface area contributed by atoms with Crippen molar-refractivity contribution in [1.29, 1.82) is 0 Å². The van der Waals surface area contributed by atoms with Crippen LogP contribution < -0.4 is 5.32 Å². The van der Waals surface area contributed by atoms with E-state index < -0.39 is 0 Å². The minimum absolute atomic E-state index is 0.0117. The highest BCUT2D eigenvalue weighted by molar-refractivity contribution is 5.81. The number of anilines is 1. The highest BCUT2D eigenvalue weighted by Gasteiger charge is 2.15. The summed E-state index contributed by atoms with van der Waals surface area (Å²) in [6.45, 7) is 4.07. The summed E-state index contributed by atoms with van der Waals surface area (Å²) in [5.41, 5.74) is 3.02. The zero-order valence-corrected chi connectivity index (χ0v) is 13.5. The van der Waals surface area contributed by atoms with Gasteiger partial charge in [0.2, 0.25) is 0 Å². The van der Waals surface area contributed by atoms with Crippen molar-refractivity contribution in [3.05, 3.63) is 54.0 Å². The van der Waals surface area contributed by atoms with E-state index in [2.05, 4.69) is 10.3 Å². The molecular weight excluding hydrogens is 309 g/mol. The van der Waals surface area contributed by atoms with Gasteiger partial charge in [-0.15, -0.1) is 0 Å². The summed E-state index contributed by atoms with van der Waals surface area (Å²) >= 11 is 0. The van der Waals surface area contributed by atoms with Crippen molar-refractivity contribution in [3.8, 4) is 11.3 Å². The Morgan fingerprint density at radius 3 is 2.92 bits per heavy atom. The Labute approximate surface area is 139 Å². The molecule has 0 fully saturated rings. The van der Waals surface area contributed by atoms with Crippen LogP contribution in [0.25, 0.3) is 16.9 Å². The zero-order chi connectivity index (χ0) is 17.1. The van der Waals surface area contributed by atoms with Crippen LogP contribution in [0.2, 0.25) is 0 Å². The van der Waals surface area contributed by atoms with Gasteiger partial charge in [0.05, 0.1) is 6.61 Å². The van der Waals surface area contributed by atoms with Crippen LogP contribution in [0.5, 0.6) is 0 Å². The number of nitrogens with zero attached hydrogens (tertiary/aromatic N) is 2. The number of pyridine rings is 1. The summed E-state index contributed by atoms with van der Waals surface area (Å²) in [6.07, 6.45) is 1.87. The molecule has 0 atom stereocenters. The van der Waals surface area contributed by atoms with E-state index in [-0.39, 0.29) is 18.3 Å². The van der Waals surface area contributed by atoms with Gasteiger partial charge in [-0.05, 0) is 43.7 Å². The average Bonchev–Trinajstić information content (AvgIpc) is 2.91. The van der Waals surface area contributed by atoms with Crippen molar-refractivity contribution in [2.24, 2.45) is 0 Å². The lowest BCUT2D eigenvalue weighted by Crippen LogP contribution is -2.17. The quantitative estimate of drug-likeness (QED) is 0.730. The van der Waals surface area contributed by atoms with Gasteiger partial charge in [-0.3, -0.25) is 9.20 Å². The molecule has 0 aliphatic rings. The largest absolute Gasteiger partial charge is 0.465 e. The molecule has 2 aromatic heterocycles. The number of carbonyl (C=O) groups is 1. The molecule has 0 amide bonds. The SMILES string of the molecule is CCOC(=O)CNc1c(-c2cccc(F)c2)nc2cc(C)ccn12. The van der Waals surface area contributed by atoms with E-state index >= 15 is 0 Å². The number of carbonyl (C=O) groups excluding carboxylic acids is 1. The van der Waals surface area contributed by atoms with Gasteiger partial charge in [0.25, 0.3) is 0 Å². The van der Waals surface area contributed by atoms with Crippen molar-refractivity contribution in [3.63, 3.8) is 0 Å². The summed E-state index contributed by atoms with van der Waals surface area (Å²) in [4.78, 5) is 16.2. The third-order valence-corrected chi connectivity index (χ3v) is 3.59. The first-order valence-electron chi connectivity index (χ1n) is 7.72. The summed E-state index contributed by atoms with van der Waals surface area (Å²) < 4.78 is 20.4. The molecule has 0 bridgehead atoms. The van der Waals surface area contributed by atoms with Crippen molar-refractivity contribution in [1.82, 2.24) is 9.38 Å². The molecule has 0 aliphatic carbocycles. The molecule has 0 spiro atoms. The normalized spacial score (nSPS) is 10.8. The van der Waals surface area contributed by atoms with Gasteiger partial charge in [-0.25, -0.2) is 9.37 Å². The molecule has 2 heterocycles. The topological polar surface area (TPSA) is 55.6 Å². The average molecular weight is 327 g/mol. The Balaban J connectivity index is 2.06. The number of aromatic nitrogens is 2. The molecule has 6 heteroatoms. The number of benzene rings is 1. The van der Waals surface area contributed by atoms with Crippen LogP contribution in [-0.4, -0.2) is 28.5 Å². The number of nitrogens with one attached hydrogen (secondary N) is 1. The first kappa shape index (κ1) is 16.0. The molecule has 0 unspecified atom stereocenters. The second-order valence-electron chi connectivity index (χ2n) is 5.41. The number of hydrogen-bond acceptors (Lipinski definition) is 4. The van der Waals surface area contributed by atoms with E-state index in [0.29, 0.717) is 23.7 Å². The van der Waals surface area contributed by atoms with Crippen LogP contribution in [0.4, 0.5) is 10.2 Å². The molecular formula is C18H18FN3O2. The summed E-state index contributed by atoms with van der Waals surface area (Å²) in [5, 5.41) is 3.06. The van der Waals surface area contributed by atoms with Gasteiger partial charge in [0.15, 0.2) is 0 Å². The Bertz CT molecular complexity index is 889. The fraction of sp³-hybridized carbons (Fsp3) is 0.222. The number of fused-ring (bicyclic) bond motifs is 1. The second kappa shape index (κ2) is 6.70. The van der Waals surface area contributed by atoms with Gasteiger partial charge < -0.3 is 10.1 Å². The molecule has 124 valence electrons. The lowest BCUT2D eigenvalue weighted by molar-refractivity contribution is -0.140. The standard InChI is InChI=1S/C18H18FN3O2/c1-3-24-16(23)11-20-18-17(13-5-4-6-14(19)10-13)21-15-9-12(2)7-8-22(15)18/h4-10,20H,3,11H2,1-2H3. The second-order valence-corrected chi connectivity index (χ2v) is 5.41. The van der Waals surface area contributed by atoms with E-state index in [9.17, 15) is 9.18 Å². The molecule has 0 aliphatic heterocycles. The molecule has 0 saturated heterocycles. The Morgan fingerprint density at radius 1 is 1.33 bits per heavy atom. The molecule has 5 nitrogen and oxygen atoms in total. The summed E-state index contributed by atoms with van der Waals surface area (Å²) in [6, 6.07) is 10.1. The third kappa shape index (κ3) is 3.22. The molecule has 0 saturated carbocycles. The van der Waals surface area contributed by atoms with Gasteiger partial charge in [-0.2, -0.15) is 0 Å². The lowest BCUT2D eigenvalue weighted by Gasteiger charge is -2.08. The highest BCUT2D eigenvalue weighted by Crippen LogP contribution is 2.29. The lowest BCUT2D eigenvalue weighted by atomic mass is 10.1. The van der Waals surface area contributed by atoms with Crippen molar-refractivity contribution < 1.29 is 13.9 Å². The number of rotatable bonds is 5. The van der Waals surface area contributed by atoms with Crippen LogP contribution in [0.15, 0.2) is 42.6 Å². The number of hydrogen-bond donors (Lipinski definition) is 1. The minimum Gasteiger partial charge on any atom is -0.465 e.